The minimum absolute atomic E-state index is 0.138. The lowest BCUT2D eigenvalue weighted by Gasteiger charge is -2.17. The Morgan fingerprint density at radius 3 is 1.81 bits per heavy atom. The molecule has 4 aromatic rings. The third-order valence-corrected chi connectivity index (χ3v) is 8.28. The fourth-order valence-electron chi connectivity index (χ4n) is 4.19. The van der Waals surface area contributed by atoms with E-state index in [1.54, 1.807) is 12.1 Å². The third-order valence-electron chi connectivity index (χ3n) is 5.90. The van der Waals surface area contributed by atoms with E-state index >= 15 is 0 Å². The van der Waals surface area contributed by atoms with Gasteiger partial charge in [0.25, 0.3) is 0 Å². The molecule has 0 amide bonds. The van der Waals surface area contributed by atoms with E-state index in [-0.39, 0.29) is 4.53 Å². The summed E-state index contributed by atoms with van der Waals surface area (Å²) in [5.74, 6) is -6.23. The Morgan fingerprint density at radius 2 is 1.25 bits per heavy atom. The second-order valence-electron chi connectivity index (χ2n) is 7.86. The van der Waals surface area contributed by atoms with Gasteiger partial charge < -0.3 is 9.80 Å². The SMILES string of the molecule is CN1C(=c2cc/c(=c3/cc/c(=C(\C#N)c4c(F)c(F)c(C#N)c(F)c4F)s3)s2)N(C)c2ccccc21. The van der Waals surface area contributed by atoms with E-state index in [0.717, 1.165) is 43.7 Å². The molecule has 0 radical (unpaired) electrons. The summed E-state index contributed by atoms with van der Waals surface area (Å²) in [4.78, 5) is 4.18. The van der Waals surface area contributed by atoms with Crippen LogP contribution in [0.5, 0.6) is 0 Å². The van der Waals surface area contributed by atoms with Crippen molar-refractivity contribution in [2.45, 2.75) is 0 Å². The van der Waals surface area contributed by atoms with Gasteiger partial charge in [-0.3, -0.25) is 0 Å². The first-order valence-corrected chi connectivity index (χ1v) is 12.1. The van der Waals surface area contributed by atoms with Gasteiger partial charge >= 0.3 is 0 Å². The van der Waals surface area contributed by atoms with Crippen LogP contribution in [-0.4, -0.2) is 14.1 Å². The molecular weight excluding hydrogens is 508 g/mol. The lowest BCUT2D eigenvalue weighted by atomic mass is 10.0. The van der Waals surface area contributed by atoms with Crippen LogP contribution in [0.3, 0.4) is 0 Å². The molecule has 0 N–H and O–H groups in total. The first-order valence-electron chi connectivity index (χ1n) is 10.5. The van der Waals surface area contributed by atoms with Gasteiger partial charge in [-0.25, -0.2) is 17.6 Å². The van der Waals surface area contributed by atoms with Crippen LogP contribution in [0.1, 0.15) is 11.1 Å². The number of nitrogens with zero attached hydrogens (tertiary/aromatic N) is 4. The molecule has 0 atom stereocenters. The van der Waals surface area contributed by atoms with Gasteiger partial charge in [0.05, 0.1) is 27.0 Å². The maximum atomic E-state index is 14.6. The molecule has 4 nitrogen and oxygen atoms in total. The fraction of sp³-hybridized carbons (Fsp3) is 0.0769. The van der Waals surface area contributed by atoms with Crippen molar-refractivity contribution >= 4 is 45.4 Å². The molecule has 5 rings (SSSR count). The lowest BCUT2D eigenvalue weighted by molar-refractivity contribution is 0.447. The zero-order valence-corrected chi connectivity index (χ0v) is 20.4. The van der Waals surface area contributed by atoms with Gasteiger partial charge in [-0.2, -0.15) is 10.5 Å². The van der Waals surface area contributed by atoms with Gasteiger partial charge in [0, 0.05) is 27.7 Å². The van der Waals surface area contributed by atoms with Crippen molar-refractivity contribution in [3.8, 4) is 12.1 Å². The Labute approximate surface area is 210 Å². The molecule has 1 aliphatic heterocycles. The first-order chi connectivity index (χ1) is 17.3. The predicted octanol–water partition coefficient (Wildman–Crippen LogP) is 4.90. The first kappa shape index (κ1) is 23.6. The highest BCUT2D eigenvalue weighted by Crippen LogP contribution is 2.39. The molecule has 10 heteroatoms. The monoisotopic (exact) mass is 522 g/mol. The van der Waals surface area contributed by atoms with Gasteiger partial charge in [-0.15, -0.1) is 22.7 Å². The molecule has 2 aromatic carbocycles. The average Bonchev–Trinajstić information content (AvgIpc) is 3.60. The highest BCUT2D eigenvalue weighted by atomic mass is 32.1. The number of halogens is 4. The Kier molecular flexibility index (Phi) is 5.79. The molecule has 0 fully saturated rings. The number of para-hydroxylation sites is 2. The molecule has 178 valence electrons. The molecule has 3 heterocycles. The van der Waals surface area contributed by atoms with Crippen molar-refractivity contribution in [3.63, 3.8) is 0 Å². The van der Waals surface area contributed by atoms with Crippen molar-refractivity contribution in [1.29, 1.82) is 10.5 Å². The molecule has 2 aromatic heterocycles. The molecule has 0 unspecified atom stereocenters. The Morgan fingerprint density at radius 1 is 0.722 bits per heavy atom. The summed E-state index contributed by atoms with van der Waals surface area (Å²) in [6, 6.07) is 17.8. The summed E-state index contributed by atoms with van der Waals surface area (Å²) in [5, 5.41) is 18.4. The largest absolute Gasteiger partial charge is 0.328 e. The van der Waals surface area contributed by atoms with Gasteiger partial charge in [-0.05, 0) is 36.4 Å². The van der Waals surface area contributed by atoms with E-state index in [2.05, 4.69) is 9.80 Å². The molecule has 0 saturated heterocycles. The number of hydrogen-bond acceptors (Lipinski definition) is 6. The Hall–Kier alpha value is -4.12. The molecule has 0 spiro atoms. The number of rotatable bonds is 1. The van der Waals surface area contributed by atoms with Crippen molar-refractivity contribution in [3.05, 3.63) is 101 Å². The van der Waals surface area contributed by atoms with Gasteiger partial charge in [0.2, 0.25) is 0 Å². The minimum Gasteiger partial charge on any atom is -0.328 e. The summed E-state index contributed by atoms with van der Waals surface area (Å²) in [6.45, 7) is 0. The molecule has 36 heavy (non-hydrogen) atoms. The van der Waals surface area contributed by atoms with Crippen molar-refractivity contribution < 1.29 is 17.6 Å². The highest BCUT2D eigenvalue weighted by Gasteiger charge is 2.28. The van der Waals surface area contributed by atoms with Crippen LogP contribution >= 0.6 is 22.7 Å². The number of benzene rings is 2. The van der Waals surface area contributed by atoms with E-state index in [1.165, 1.54) is 17.4 Å². The van der Waals surface area contributed by atoms with Crippen LogP contribution in [0.25, 0.3) is 11.4 Å². The molecule has 0 bridgehead atoms. The topological polar surface area (TPSA) is 54.1 Å². The summed E-state index contributed by atoms with van der Waals surface area (Å²) < 4.78 is 60.2. The zero-order chi connectivity index (χ0) is 25.7. The maximum Gasteiger partial charge on any atom is 0.180 e. The predicted molar refractivity (Wildman–Crippen MR) is 131 cm³/mol. The Balaban J connectivity index is 1.72. The smallest absolute Gasteiger partial charge is 0.180 e. The summed E-state index contributed by atoms with van der Waals surface area (Å²) >= 11 is 2.57. The normalized spacial score (nSPS) is 14.5. The van der Waals surface area contributed by atoms with Crippen LogP contribution in [0.15, 0.2) is 48.5 Å². The Bertz CT molecular complexity index is 1800. The molecule has 0 saturated carbocycles. The van der Waals surface area contributed by atoms with Gasteiger partial charge in [-0.1, -0.05) is 12.1 Å². The standard InChI is InChI=1S/C26H14F4N4S2/c1-33-15-5-3-4-6-16(15)34(2)26(33)20-10-9-19(36-20)18-8-7-17(35-18)13(11-31)21-24(29)22(27)14(12-32)23(28)25(21)30/h3-10H,1-2H3/b17-13-,19-18+. The van der Waals surface area contributed by atoms with Gasteiger partial charge in [0.15, 0.2) is 23.3 Å². The number of thiophene rings is 2. The van der Waals surface area contributed by atoms with E-state index < -0.39 is 40.0 Å². The van der Waals surface area contributed by atoms with E-state index in [9.17, 15) is 22.8 Å². The summed E-state index contributed by atoms with van der Waals surface area (Å²) in [7, 11) is 3.96. The van der Waals surface area contributed by atoms with E-state index in [0.29, 0.717) is 4.53 Å². The van der Waals surface area contributed by atoms with Crippen LogP contribution < -0.4 is 18.9 Å². The van der Waals surface area contributed by atoms with Crippen LogP contribution in [-0.2, 0) is 0 Å². The van der Waals surface area contributed by atoms with Crippen LogP contribution in [0.2, 0.25) is 0 Å². The van der Waals surface area contributed by atoms with Gasteiger partial charge in [0.1, 0.15) is 23.5 Å². The maximum absolute atomic E-state index is 14.6. The molecule has 1 aliphatic rings. The van der Waals surface area contributed by atoms with Crippen LogP contribution in [0.4, 0.5) is 28.9 Å². The van der Waals surface area contributed by atoms with Crippen molar-refractivity contribution in [2.75, 3.05) is 23.9 Å². The number of hydrogen-bond donors (Lipinski definition) is 0. The summed E-state index contributed by atoms with van der Waals surface area (Å²) in [5.41, 5.74) is -0.912. The van der Waals surface area contributed by atoms with Crippen molar-refractivity contribution in [1.82, 2.24) is 0 Å². The van der Waals surface area contributed by atoms with E-state index in [1.807, 2.05) is 50.5 Å². The van der Waals surface area contributed by atoms with E-state index in [4.69, 9.17) is 5.26 Å². The highest BCUT2D eigenvalue weighted by molar-refractivity contribution is 7.11. The lowest BCUT2D eigenvalue weighted by Crippen LogP contribution is -2.26. The minimum atomic E-state index is -1.83. The number of fused-ring (bicyclic) bond motifs is 1. The fourth-order valence-corrected chi connectivity index (χ4v) is 6.41. The third kappa shape index (κ3) is 3.46. The molecular formula is C26H14F4N4S2. The second kappa shape index (κ2) is 8.83. The number of nitriles is 2. The average molecular weight is 523 g/mol. The molecule has 0 aliphatic carbocycles. The quantitative estimate of drug-likeness (QED) is 0.264. The van der Waals surface area contributed by atoms with Crippen LogP contribution in [0, 0.1) is 55.0 Å². The zero-order valence-electron chi connectivity index (χ0n) is 18.7. The second-order valence-corrected chi connectivity index (χ2v) is 10.0. The summed E-state index contributed by atoms with van der Waals surface area (Å²) in [6.07, 6.45) is 0. The number of anilines is 2. The van der Waals surface area contributed by atoms with Crippen molar-refractivity contribution in [2.24, 2.45) is 0 Å².